The number of nitro benzene ring substituents is 1. The van der Waals surface area contributed by atoms with Crippen LogP contribution in [0.3, 0.4) is 0 Å². The fourth-order valence-electron chi connectivity index (χ4n) is 1.27. The highest BCUT2D eigenvalue weighted by molar-refractivity contribution is 7.89. The first-order valence-electron chi connectivity index (χ1n) is 4.98. The van der Waals surface area contributed by atoms with Gasteiger partial charge in [-0.1, -0.05) is 0 Å². The lowest BCUT2D eigenvalue weighted by Gasteiger charge is -2.17. The fourth-order valence-corrected chi connectivity index (χ4v) is 2.76. The minimum absolute atomic E-state index is 0.508. The van der Waals surface area contributed by atoms with Gasteiger partial charge in [0.05, 0.1) is 17.1 Å². The van der Waals surface area contributed by atoms with Gasteiger partial charge in [0.2, 0.25) is 10.0 Å². The van der Waals surface area contributed by atoms with E-state index in [-0.39, 0.29) is 0 Å². The summed E-state index contributed by atoms with van der Waals surface area (Å²) < 4.78 is 38.8. The number of nitriles is 1. The van der Waals surface area contributed by atoms with Crippen molar-refractivity contribution in [3.8, 4) is 6.07 Å². The topological polar surface area (TPSA) is 113 Å². The van der Waals surface area contributed by atoms with Crippen LogP contribution >= 0.6 is 0 Å². The zero-order valence-electron chi connectivity index (χ0n) is 10.0. The zero-order chi connectivity index (χ0) is 14.8. The molecular weight excluding hydrogens is 277 g/mol. The highest BCUT2D eigenvalue weighted by Crippen LogP contribution is 2.25. The molecular formula is C10H10FN3O4S. The number of hydrogen-bond donors (Lipinski definition) is 1. The molecule has 0 fully saturated rings. The molecule has 0 radical (unpaired) electrons. The standard InChI is InChI=1S/C10H10FN3O4S/c1-10(2,6-12)13-19(17,18)9-4-3-7(11)5-8(9)14(15)16/h3-5,13H,1-2H3. The number of nitro groups is 1. The molecule has 0 aliphatic heterocycles. The number of halogens is 1. The molecule has 19 heavy (non-hydrogen) atoms. The molecule has 0 unspecified atom stereocenters. The third kappa shape index (κ3) is 3.46. The Morgan fingerprint density at radius 2 is 2.05 bits per heavy atom. The second-order valence-electron chi connectivity index (χ2n) is 4.21. The molecule has 7 nitrogen and oxygen atoms in total. The van der Waals surface area contributed by atoms with Gasteiger partial charge in [0, 0.05) is 0 Å². The highest BCUT2D eigenvalue weighted by atomic mass is 32.2. The molecule has 0 amide bonds. The number of rotatable bonds is 4. The first-order chi connectivity index (χ1) is 8.59. The van der Waals surface area contributed by atoms with Gasteiger partial charge in [-0.25, -0.2) is 12.8 Å². The third-order valence-electron chi connectivity index (χ3n) is 2.08. The molecule has 102 valence electrons. The molecule has 9 heteroatoms. The molecule has 0 aliphatic carbocycles. The lowest BCUT2D eigenvalue weighted by molar-refractivity contribution is -0.388. The van der Waals surface area contributed by atoms with E-state index in [9.17, 15) is 22.9 Å². The van der Waals surface area contributed by atoms with Crippen molar-refractivity contribution in [1.29, 1.82) is 5.26 Å². The van der Waals surface area contributed by atoms with Crippen LogP contribution in [-0.2, 0) is 10.0 Å². The Labute approximate surface area is 108 Å². The Morgan fingerprint density at radius 1 is 1.47 bits per heavy atom. The molecule has 0 aromatic heterocycles. The largest absolute Gasteiger partial charge is 0.292 e. The summed E-state index contributed by atoms with van der Waals surface area (Å²) in [6.07, 6.45) is 0. The predicted molar refractivity (Wildman–Crippen MR) is 63.1 cm³/mol. The number of nitrogens with zero attached hydrogens (tertiary/aromatic N) is 2. The summed E-state index contributed by atoms with van der Waals surface area (Å²) in [4.78, 5) is 9.04. The lowest BCUT2D eigenvalue weighted by atomic mass is 10.1. The van der Waals surface area contributed by atoms with Gasteiger partial charge in [0.25, 0.3) is 5.69 Å². The molecule has 1 aromatic rings. The molecule has 1 N–H and O–H groups in total. The van der Waals surface area contributed by atoms with Crippen molar-refractivity contribution in [3.63, 3.8) is 0 Å². The van der Waals surface area contributed by atoms with E-state index in [1.807, 2.05) is 4.72 Å². The number of benzene rings is 1. The Balaban J connectivity index is 3.39. The zero-order valence-corrected chi connectivity index (χ0v) is 10.9. The van der Waals surface area contributed by atoms with Crippen LogP contribution in [0.2, 0.25) is 0 Å². The number of nitrogens with one attached hydrogen (secondary N) is 1. The van der Waals surface area contributed by atoms with Gasteiger partial charge in [-0.05, 0) is 26.0 Å². The van der Waals surface area contributed by atoms with Crippen molar-refractivity contribution < 1.29 is 17.7 Å². The summed E-state index contributed by atoms with van der Waals surface area (Å²) in [5, 5.41) is 19.5. The van der Waals surface area contributed by atoms with Crippen molar-refractivity contribution >= 4 is 15.7 Å². The molecule has 0 atom stereocenters. The van der Waals surface area contributed by atoms with E-state index in [0.717, 1.165) is 12.1 Å². The first kappa shape index (κ1) is 15.0. The molecule has 1 aromatic carbocycles. The average molecular weight is 287 g/mol. The molecule has 0 aliphatic rings. The summed E-state index contributed by atoms with van der Waals surface area (Å²) in [5.41, 5.74) is -2.33. The van der Waals surface area contributed by atoms with Crippen molar-refractivity contribution in [3.05, 3.63) is 34.1 Å². The van der Waals surface area contributed by atoms with Crippen LogP contribution in [0, 0.1) is 27.3 Å². The van der Waals surface area contributed by atoms with Gasteiger partial charge >= 0.3 is 0 Å². The molecule has 1 rings (SSSR count). The molecule has 0 bridgehead atoms. The fraction of sp³-hybridized carbons (Fsp3) is 0.300. The van der Waals surface area contributed by atoms with Crippen LogP contribution in [0.4, 0.5) is 10.1 Å². The Hall–Kier alpha value is -2.05. The van der Waals surface area contributed by atoms with E-state index in [4.69, 9.17) is 5.26 Å². The minimum atomic E-state index is -4.30. The molecule has 0 saturated carbocycles. The second kappa shape index (κ2) is 4.91. The van der Waals surface area contributed by atoms with Crippen LogP contribution in [0.25, 0.3) is 0 Å². The summed E-state index contributed by atoms with van der Waals surface area (Å²) in [7, 11) is -4.30. The van der Waals surface area contributed by atoms with Crippen LogP contribution in [0.15, 0.2) is 23.1 Å². The van der Waals surface area contributed by atoms with Gasteiger partial charge < -0.3 is 0 Å². The third-order valence-corrected chi connectivity index (χ3v) is 3.78. The number of sulfonamides is 1. The Morgan fingerprint density at radius 3 is 2.53 bits per heavy atom. The van der Waals surface area contributed by atoms with E-state index in [1.165, 1.54) is 13.8 Å². The van der Waals surface area contributed by atoms with E-state index in [0.29, 0.717) is 6.07 Å². The Kier molecular flexibility index (Phi) is 3.88. The maximum absolute atomic E-state index is 12.9. The van der Waals surface area contributed by atoms with E-state index in [2.05, 4.69) is 0 Å². The van der Waals surface area contributed by atoms with Crippen molar-refractivity contribution in [2.75, 3.05) is 0 Å². The quantitative estimate of drug-likeness (QED) is 0.662. The maximum Gasteiger partial charge on any atom is 0.292 e. The monoisotopic (exact) mass is 287 g/mol. The molecule has 0 saturated heterocycles. The van der Waals surface area contributed by atoms with Crippen LogP contribution in [0.5, 0.6) is 0 Å². The van der Waals surface area contributed by atoms with Gasteiger partial charge in [0.15, 0.2) is 4.90 Å². The van der Waals surface area contributed by atoms with Crippen LogP contribution in [0.1, 0.15) is 13.8 Å². The van der Waals surface area contributed by atoms with Crippen LogP contribution in [-0.4, -0.2) is 18.9 Å². The number of hydrogen-bond acceptors (Lipinski definition) is 5. The average Bonchev–Trinajstić information content (AvgIpc) is 2.27. The van der Waals surface area contributed by atoms with Gasteiger partial charge in [0.1, 0.15) is 11.4 Å². The van der Waals surface area contributed by atoms with E-state index >= 15 is 0 Å². The predicted octanol–water partition coefficient (Wildman–Crippen LogP) is 1.31. The lowest BCUT2D eigenvalue weighted by Crippen LogP contribution is -2.42. The minimum Gasteiger partial charge on any atom is -0.258 e. The first-order valence-corrected chi connectivity index (χ1v) is 6.46. The smallest absolute Gasteiger partial charge is 0.258 e. The van der Waals surface area contributed by atoms with E-state index in [1.54, 1.807) is 6.07 Å². The van der Waals surface area contributed by atoms with E-state index < -0.39 is 36.9 Å². The van der Waals surface area contributed by atoms with Crippen LogP contribution < -0.4 is 4.72 Å². The van der Waals surface area contributed by atoms with Crippen molar-refractivity contribution in [1.82, 2.24) is 4.72 Å². The van der Waals surface area contributed by atoms with Crippen molar-refractivity contribution in [2.45, 2.75) is 24.3 Å². The van der Waals surface area contributed by atoms with Crippen molar-refractivity contribution in [2.24, 2.45) is 0 Å². The SMILES string of the molecule is CC(C)(C#N)NS(=O)(=O)c1ccc(F)cc1[N+](=O)[O-]. The second-order valence-corrected chi connectivity index (χ2v) is 5.86. The molecule has 0 heterocycles. The molecule has 0 spiro atoms. The summed E-state index contributed by atoms with van der Waals surface area (Å²) in [6.45, 7) is 2.58. The van der Waals surface area contributed by atoms with Gasteiger partial charge in [-0.2, -0.15) is 9.98 Å². The van der Waals surface area contributed by atoms with Gasteiger partial charge in [-0.15, -0.1) is 0 Å². The normalized spacial score (nSPS) is 11.9. The summed E-state index contributed by atoms with van der Waals surface area (Å²) in [5.74, 6) is -0.926. The summed E-state index contributed by atoms with van der Waals surface area (Å²) >= 11 is 0. The maximum atomic E-state index is 12.9. The Bertz CT molecular complexity index is 664. The summed E-state index contributed by atoms with van der Waals surface area (Å²) in [6, 6.07) is 3.77. The highest BCUT2D eigenvalue weighted by Gasteiger charge is 2.31. The van der Waals surface area contributed by atoms with Gasteiger partial charge in [-0.3, -0.25) is 10.1 Å².